The molecular weight excluding hydrogens is 264 g/mol. The number of hydrogen-bond acceptors (Lipinski definition) is 1. The molecule has 0 atom stereocenters. The Labute approximate surface area is 104 Å². The van der Waals surface area contributed by atoms with Crippen molar-refractivity contribution in [1.29, 1.82) is 0 Å². The summed E-state index contributed by atoms with van der Waals surface area (Å²) in [5.41, 5.74) is 2.46. The zero-order valence-electron chi connectivity index (χ0n) is 9.28. The third-order valence-electron chi connectivity index (χ3n) is 2.52. The molecule has 0 fully saturated rings. The third kappa shape index (κ3) is 2.89. The van der Waals surface area contributed by atoms with Crippen LogP contribution >= 0.6 is 15.9 Å². The smallest absolute Gasteiger partial charge is 0.0415 e. The minimum atomic E-state index is 0.870. The first-order chi connectivity index (χ1) is 7.78. The van der Waals surface area contributed by atoms with Crippen molar-refractivity contribution in [3.05, 3.63) is 52.8 Å². The number of rotatable bonds is 4. The number of aromatic nitrogens is 1. The van der Waals surface area contributed by atoms with E-state index < -0.39 is 0 Å². The van der Waals surface area contributed by atoms with Crippen molar-refractivity contribution in [3.8, 4) is 0 Å². The number of anilines is 1. The van der Waals surface area contributed by atoms with Gasteiger partial charge in [-0.2, -0.15) is 0 Å². The van der Waals surface area contributed by atoms with Crippen molar-refractivity contribution in [2.45, 2.75) is 20.0 Å². The van der Waals surface area contributed by atoms with Crippen molar-refractivity contribution >= 4 is 21.6 Å². The lowest BCUT2D eigenvalue weighted by Crippen LogP contribution is -1.98. The van der Waals surface area contributed by atoms with Gasteiger partial charge in [0.05, 0.1) is 0 Å². The van der Waals surface area contributed by atoms with Gasteiger partial charge < -0.3 is 9.88 Å². The van der Waals surface area contributed by atoms with E-state index in [1.54, 1.807) is 0 Å². The van der Waals surface area contributed by atoms with E-state index in [2.05, 4.69) is 63.3 Å². The molecule has 0 bridgehead atoms. The highest BCUT2D eigenvalue weighted by Crippen LogP contribution is 2.15. The number of hydrogen-bond donors (Lipinski definition) is 1. The molecule has 2 rings (SSSR count). The summed E-state index contributed by atoms with van der Waals surface area (Å²) in [5, 5.41) is 3.39. The van der Waals surface area contributed by atoms with Crippen LogP contribution in [0.5, 0.6) is 0 Å². The lowest BCUT2D eigenvalue weighted by molar-refractivity contribution is 0.766. The molecule has 0 saturated carbocycles. The summed E-state index contributed by atoms with van der Waals surface area (Å²) >= 11 is 3.42. The van der Waals surface area contributed by atoms with E-state index >= 15 is 0 Å². The molecule has 0 aliphatic rings. The van der Waals surface area contributed by atoms with E-state index in [1.807, 2.05) is 12.1 Å². The van der Waals surface area contributed by atoms with Crippen LogP contribution in [0.15, 0.2) is 47.2 Å². The summed E-state index contributed by atoms with van der Waals surface area (Å²) in [5.74, 6) is 0. The Kier molecular flexibility index (Phi) is 3.67. The van der Waals surface area contributed by atoms with Crippen LogP contribution in [-0.2, 0) is 13.1 Å². The molecule has 84 valence electrons. The molecule has 1 heterocycles. The summed E-state index contributed by atoms with van der Waals surface area (Å²) < 4.78 is 3.29. The van der Waals surface area contributed by atoms with Crippen molar-refractivity contribution < 1.29 is 0 Å². The van der Waals surface area contributed by atoms with Crippen molar-refractivity contribution in [2.24, 2.45) is 0 Å². The van der Waals surface area contributed by atoms with Gasteiger partial charge in [0.1, 0.15) is 0 Å². The molecule has 0 radical (unpaired) electrons. The van der Waals surface area contributed by atoms with Crippen LogP contribution in [0.4, 0.5) is 5.69 Å². The molecular formula is C13H15BrN2. The van der Waals surface area contributed by atoms with Crippen LogP contribution in [0.25, 0.3) is 0 Å². The van der Waals surface area contributed by atoms with E-state index in [9.17, 15) is 0 Å². The van der Waals surface area contributed by atoms with E-state index in [1.165, 1.54) is 5.56 Å². The van der Waals surface area contributed by atoms with Crippen LogP contribution in [0.1, 0.15) is 12.5 Å². The fraction of sp³-hybridized carbons (Fsp3) is 0.231. The topological polar surface area (TPSA) is 17.0 Å². The Morgan fingerprint density at radius 3 is 2.56 bits per heavy atom. The quantitative estimate of drug-likeness (QED) is 0.898. The van der Waals surface area contributed by atoms with Crippen molar-refractivity contribution in [3.63, 3.8) is 0 Å². The molecule has 2 nitrogen and oxygen atoms in total. The Bertz CT molecular complexity index is 445. The van der Waals surface area contributed by atoms with Crippen LogP contribution in [0.3, 0.4) is 0 Å². The first-order valence-corrected chi connectivity index (χ1v) is 6.21. The Morgan fingerprint density at radius 1 is 1.19 bits per heavy atom. The lowest BCUT2D eigenvalue weighted by Gasteiger charge is -2.04. The van der Waals surface area contributed by atoms with Gasteiger partial charge in [0, 0.05) is 35.6 Å². The average Bonchev–Trinajstić information content (AvgIpc) is 2.76. The minimum absolute atomic E-state index is 0.870. The maximum absolute atomic E-state index is 3.42. The standard InChI is InChI=1S/C13H15BrN2/c1-2-16-8-7-11(10-16)9-15-13-5-3-12(14)4-6-13/h3-8,10,15H,2,9H2,1H3. The minimum Gasteiger partial charge on any atom is -0.381 e. The molecule has 0 spiro atoms. The van der Waals surface area contributed by atoms with Gasteiger partial charge in [0.25, 0.3) is 0 Å². The van der Waals surface area contributed by atoms with Crippen LogP contribution in [-0.4, -0.2) is 4.57 Å². The predicted molar refractivity (Wildman–Crippen MR) is 71.6 cm³/mol. The van der Waals surface area contributed by atoms with E-state index in [-0.39, 0.29) is 0 Å². The fourth-order valence-corrected chi connectivity index (χ4v) is 1.83. The molecule has 1 N–H and O–H groups in total. The molecule has 3 heteroatoms. The predicted octanol–water partition coefficient (Wildman–Crippen LogP) is 3.88. The van der Waals surface area contributed by atoms with Crippen LogP contribution in [0, 0.1) is 0 Å². The largest absolute Gasteiger partial charge is 0.381 e. The monoisotopic (exact) mass is 278 g/mol. The van der Waals surface area contributed by atoms with Gasteiger partial charge in [-0.1, -0.05) is 15.9 Å². The second-order valence-corrected chi connectivity index (χ2v) is 4.63. The Balaban J connectivity index is 1.94. The summed E-state index contributed by atoms with van der Waals surface area (Å²) in [6.07, 6.45) is 4.28. The van der Waals surface area contributed by atoms with Gasteiger partial charge in [-0.3, -0.25) is 0 Å². The van der Waals surface area contributed by atoms with Crippen molar-refractivity contribution in [2.75, 3.05) is 5.32 Å². The highest BCUT2D eigenvalue weighted by molar-refractivity contribution is 9.10. The van der Waals surface area contributed by atoms with E-state index in [0.717, 1.165) is 23.2 Å². The zero-order chi connectivity index (χ0) is 11.4. The van der Waals surface area contributed by atoms with Gasteiger partial charge in [0.2, 0.25) is 0 Å². The second kappa shape index (κ2) is 5.21. The van der Waals surface area contributed by atoms with E-state index in [0.29, 0.717) is 0 Å². The van der Waals surface area contributed by atoms with Crippen molar-refractivity contribution in [1.82, 2.24) is 4.57 Å². The number of nitrogens with zero attached hydrogens (tertiary/aromatic N) is 1. The molecule has 0 saturated heterocycles. The lowest BCUT2D eigenvalue weighted by atomic mass is 10.3. The summed E-state index contributed by atoms with van der Waals surface area (Å²) in [6, 6.07) is 10.4. The molecule has 2 aromatic rings. The molecule has 0 amide bonds. The SMILES string of the molecule is CCn1ccc(CNc2ccc(Br)cc2)c1. The highest BCUT2D eigenvalue weighted by atomic mass is 79.9. The van der Waals surface area contributed by atoms with Gasteiger partial charge in [-0.25, -0.2) is 0 Å². The summed E-state index contributed by atoms with van der Waals surface area (Å²) in [4.78, 5) is 0. The van der Waals surface area contributed by atoms with Crippen LogP contribution < -0.4 is 5.32 Å². The summed E-state index contributed by atoms with van der Waals surface area (Å²) in [6.45, 7) is 4.04. The Morgan fingerprint density at radius 2 is 1.94 bits per heavy atom. The van der Waals surface area contributed by atoms with Gasteiger partial charge in [-0.05, 0) is 42.8 Å². The summed E-state index contributed by atoms with van der Waals surface area (Å²) in [7, 11) is 0. The van der Waals surface area contributed by atoms with Gasteiger partial charge in [0.15, 0.2) is 0 Å². The number of halogens is 1. The molecule has 1 aromatic carbocycles. The fourth-order valence-electron chi connectivity index (χ4n) is 1.56. The maximum atomic E-state index is 3.42. The molecule has 0 unspecified atom stereocenters. The highest BCUT2D eigenvalue weighted by Gasteiger charge is 1.96. The first-order valence-electron chi connectivity index (χ1n) is 5.42. The van der Waals surface area contributed by atoms with Crippen LogP contribution in [0.2, 0.25) is 0 Å². The van der Waals surface area contributed by atoms with Gasteiger partial charge in [-0.15, -0.1) is 0 Å². The average molecular weight is 279 g/mol. The normalized spacial score (nSPS) is 10.4. The number of benzene rings is 1. The first kappa shape index (κ1) is 11.3. The third-order valence-corrected chi connectivity index (χ3v) is 3.05. The molecule has 0 aliphatic heterocycles. The number of aryl methyl sites for hydroxylation is 1. The molecule has 1 aromatic heterocycles. The number of nitrogens with one attached hydrogen (secondary N) is 1. The van der Waals surface area contributed by atoms with E-state index in [4.69, 9.17) is 0 Å². The molecule has 0 aliphatic carbocycles. The Hall–Kier alpha value is -1.22. The zero-order valence-corrected chi connectivity index (χ0v) is 10.9. The van der Waals surface area contributed by atoms with Gasteiger partial charge >= 0.3 is 0 Å². The second-order valence-electron chi connectivity index (χ2n) is 3.71. The molecule has 16 heavy (non-hydrogen) atoms. The maximum Gasteiger partial charge on any atom is 0.0415 e.